The van der Waals surface area contributed by atoms with Crippen molar-refractivity contribution in [3.8, 4) is 0 Å². The van der Waals surface area contributed by atoms with Crippen molar-refractivity contribution in [2.45, 2.75) is 75.3 Å². The number of nitrogens with one attached hydrogen (secondary N) is 1. The van der Waals surface area contributed by atoms with E-state index in [0.717, 1.165) is 0 Å². The molecule has 0 fully saturated rings. The molecule has 1 N–H and O–H groups in total. The summed E-state index contributed by atoms with van der Waals surface area (Å²) in [6, 6.07) is 0.490. The van der Waals surface area contributed by atoms with Gasteiger partial charge < -0.3 is 10.2 Å². The average molecular weight is 293 g/mol. The lowest BCUT2D eigenvalue weighted by molar-refractivity contribution is 0.263. The lowest BCUT2D eigenvalue weighted by atomic mass is 9.90. The Balaban J connectivity index is 3.56. The van der Waals surface area contributed by atoms with E-state index in [9.17, 15) is 0 Å². The second kappa shape index (κ2) is 6.89. The van der Waals surface area contributed by atoms with E-state index in [2.05, 4.69) is 79.5 Å². The highest BCUT2D eigenvalue weighted by Crippen LogP contribution is 2.38. The van der Waals surface area contributed by atoms with E-state index in [-0.39, 0.29) is 0 Å². The average Bonchev–Trinajstić information content (AvgIpc) is 2.34. The summed E-state index contributed by atoms with van der Waals surface area (Å²) in [5, 5.41) is 3.82. The molecule has 0 unspecified atom stereocenters. The fourth-order valence-electron chi connectivity index (χ4n) is 3.28. The number of hydrogen-bond donors (Lipinski definition) is 1. The molecule has 0 bridgehead atoms. The SMILES string of the molecule is CC(C)C1=C(C(C)C)N(C(C)C)C(C(C)C)=C(C(C)C)N1. The van der Waals surface area contributed by atoms with Gasteiger partial charge in [-0.2, -0.15) is 0 Å². The molecule has 0 aromatic carbocycles. The van der Waals surface area contributed by atoms with Gasteiger partial charge in [-0.25, -0.2) is 0 Å². The molecule has 0 aliphatic carbocycles. The third-order valence-electron chi connectivity index (χ3n) is 4.11. The summed E-state index contributed by atoms with van der Waals surface area (Å²) in [6.07, 6.45) is 0. The van der Waals surface area contributed by atoms with E-state index in [1.165, 1.54) is 22.8 Å². The van der Waals surface area contributed by atoms with Gasteiger partial charge in [0.1, 0.15) is 0 Å². The lowest BCUT2D eigenvalue weighted by Crippen LogP contribution is -2.44. The van der Waals surface area contributed by atoms with E-state index in [1.54, 1.807) is 0 Å². The molecule has 21 heavy (non-hydrogen) atoms. The molecule has 1 aliphatic rings. The highest BCUT2D eigenvalue weighted by atomic mass is 15.2. The van der Waals surface area contributed by atoms with Gasteiger partial charge in [0.15, 0.2) is 0 Å². The molecule has 1 aliphatic heterocycles. The number of rotatable bonds is 5. The molecule has 0 spiro atoms. The van der Waals surface area contributed by atoms with Crippen molar-refractivity contribution in [1.29, 1.82) is 0 Å². The zero-order valence-corrected chi connectivity index (χ0v) is 15.8. The van der Waals surface area contributed by atoms with E-state index in [4.69, 9.17) is 0 Å². The van der Waals surface area contributed by atoms with E-state index >= 15 is 0 Å². The van der Waals surface area contributed by atoms with Crippen LogP contribution in [0, 0.1) is 23.7 Å². The lowest BCUT2D eigenvalue weighted by Gasteiger charge is -2.45. The van der Waals surface area contributed by atoms with Gasteiger partial charge in [-0.15, -0.1) is 0 Å². The van der Waals surface area contributed by atoms with Crippen LogP contribution in [0.3, 0.4) is 0 Å². The molecule has 2 nitrogen and oxygen atoms in total. The van der Waals surface area contributed by atoms with Crippen LogP contribution in [0.15, 0.2) is 22.8 Å². The number of nitrogens with zero attached hydrogens (tertiary/aromatic N) is 1. The van der Waals surface area contributed by atoms with Gasteiger partial charge in [0.05, 0.1) is 0 Å². The molecule has 0 radical (unpaired) electrons. The van der Waals surface area contributed by atoms with Crippen molar-refractivity contribution in [2.75, 3.05) is 0 Å². The maximum Gasteiger partial charge on any atom is 0.0402 e. The minimum Gasteiger partial charge on any atom is -0.359 e. The molecule has 0 aromatic rings. The van der Waals surface area contributed by atoms with Crippen molar-refractivity contribution < 1.29 is 0 Å². The van der Waals surface area contributed by atoms with Crippen LogP contribution >= 0.6 is 0 Å². The highest BCUT2D eigenvalue weighted by molar-refractivity contribution is 5.34. The van der Waals surface area contributed by atoms with Crippen molar-refractivity contribution in [3.63, 3.8) is 0 Å². The smallest absolute Gasteiger partial charge is 0.0402 e. The zero-order valence-electron chi connectivity index (χ0n) is 15.8. The van der Waals surface area contributed by atoms with Crippen molar-refractivity contribution in [3.05, 3.63) is 22.8 Å². The Kier molecular flexibility index (Phi) is 5.95. The Morgan fingerprint density at radius 3 is 1.10 bits per heavy atom. The molecule has 2 heteroatoms. The van der Waals surface area contributed by atoms with Crippen molar-refractivity contribution in [1.82, 2.24) is 10.2 Å². The summed E-state index contributed by atoms with van der Waals surface area (Å²) in [7, 11) is 0. The van der Waals surface area contributed by atoms with Crippen LogP contribution in [0.25, 0.3) is 0 Å². The fourth-order valence-corrected chi connectivity index (χ4v) is 3.28. The third kappa shape index (κ3) is 3.64. The van der Waals surface area contributed by atoms with Crippen LogP contribution in [0.2, 0.25) is 0 Å². The summed E-state index contributed by atoms with van der Waals surface area (Å²) >= 11 is 0. The van der Waals surface area contributed by atoms with Crippen LogP contribution in [0.4, 0.5) is 0 Å². The topological polar surface area (TPSA) is 15.3 Å². The maximum atomic E-state index is 3.82. The van der Waals surface area contributed by atoms with E-state index < -0.39 is 0 Å². The summed E-state index contributed by atoms with van der Waals surface area (Å²) in [5.41, 5.74) is 5.78. The van der Waals surface area contributed by atoms with Gasteiger partial charge >= 0.3 is 0 Å². The van der Waals surface area contributed by atoms with Crippen molar-refractivity contribution >= 4 is 0 Å². The molecule has 0 saturated heterocycles. The minimum absolute atomic E-state index is 0.490. The molecule has 0 atom stereocenters. The molecular formula is C19H36N2. The summed E-state index contributed by atoms with van der Waals surface area (Å²) < 4.78 is 0. The molecular weight excluding hydrogens is 256 g/mol. The molecule has 122 valence electrons. The number of hydrogen-bond acceptors (Lipinski definition) is 2. The van der Waals surface area contributed by atoms with Gasteiger partial charge in [-0.3, -0.25) is 0 Å². The summed E-state index contributed by atoms with van der Waals surface area (Å²) in [6.45, 7) is 23.0. The van der Waals surface area contributed by atoms with Crippen LogP contribution in [0.5, 0.6) is 0 Å². The Morgan fingerprint density at radius 2 is 0.905 bits per heavy atom. The quantitative estimate of drug-likeness (QED) is 0.735. The van der Waals surface area contributed by atoms with Gasteiger partial charge in [-0.05, 0) is 37.5 Å². The molecule has 0 aromatic heterocycles. The van der Waals surface area contributed by atoms with Crippen LogP contribution in [-0.4, -0.2) is 10.9 Å². The first-order valence-corrected chi connectivity index (χ1v) is 8.63. The Hall–Kier alpha value is -0.920. The second-order valence-electron chi connectivity index (χ2n) is 7.81. The summed E-state index contributed by atoms with van der Waals surface area (Å²) in [4.78, 5) is 2.61. The maximum absolute atomic E-state index is 3.82. The molecule has 0 saturated carbocycles. The van der Waals surface area contributed by atoms with Gasteiger partial charge in [0.2, 0.25) is 0 Å². The first-order valence-electron chi connectivity index (χ1n) is 8.63. The first-order chi connectivity index (χ1) is 9.59. The summed E-state index contributed by atoms with van der Waals surface area (Å²) in [5.74, 6) is 2.09. The van der Waals surface area contributed by atoms with Crippen molar-refractivity contribution in [2.24, 2.45) is 23.7 Å². The standard InChI is InChI=1S/C19H36N2/c1-11(2)16-18(13(5)6)21(15(9)10)19(14(7)8)17(20-16)12(3)4/h11-15,20H,1-10H3. The Morgan fingerprint density at radius 1 is 0.571 bits per heavy atom. The normalized spacial score (nSPS) is 17.2. The third-order valence-corrected chi connectivity index (χ3v) is 4.11. The number of allylic oxidation sites excluding steroid dienone is 4. The van der Waals surface area contributed by atoms with Crippen LogP contribution in [0.1, 0.15) is 69.2 Å². The predicted molar refractivity (Wildman–Crippen MR) is 93.5 cm³/mol. The minimum atomic E-state index is 0.490. The monoisotopic (exact) mass is 292 g/mol. The molecule has 1 rings (SSSR count). The van der Waals surface area contributed by atoms with E-state index in [0.29, 0.717) is 29.7 Å². The molecule has 1 heterocycles. The van der Waals surface area contributed by atoms with Gasteiger partial charge in [0, 0.05) is 28.8 Å². The first kappa shape index (κ1) is 18.1. The predicted octanol–water partition coefficient (Wildman–Crippen LogP) is 5.35. The van der Waals surface area contributed by atoms with Gasteiger partial charge in [-0.1, -0.05) is 55.4 Å². The van der Waals surface area contributed by atoms with Gasteiger partial charge in [0.25, 0.3) is 0 Å². The van der Waals surface area contributed by atoms with Crippen LogP contribution < -0.4 is 5.32 Å². The van der Waals surface area contributed by atoms with E-state index in [1.807, 2.05) is 0 Å². The van der Waals surface area contributed by atoms with Crippen LogP contribution in [-0.2, 0) is 0 Å². The highest BCUT2D eigenvalue weighted by Gasteiger charge is 2.33. The second-order valence-corrected chi connectivity index (χ2v) is 7.81. The Bertz CT molecular complexity index is 387. The molecule has 0 amide bonds. The largest absolute Gasteiger partial charge is 0.359 e. The zero-order chi connectivity index (χ0) is 16.5. The fraction of sp³-hybridized carbons (Fsp3) is 0.789. The Labute approximate surface area is 132 Å².